The maximum atomic E-state index is 12.6. The van der Waals surface area contributed by atoms with Crippen LogP contribution in [0.4, 0.5) is 13.2 Å². The Hall–Kier alpha value is -0.590. The van der Waals surface area contributed by atoms with Crippen molar-refractivity contribution < 1.29 is 13.2 Å². The third kappa shape index (κ3) is 3.05. The summed E-state index contributed by atoms with van der Waals surface area (Å²) in [6.07, 6.45) is -4.69. The van der Waals surface area contributed by atoms with Gasteiger partial charge in [0.2, 0.25) is 0 Å². The molecule has 22 heavy (non-hydrogen) atoms. The first-order chi connectivity index (χ1) is 10.1. The molecular formula is C12H3Cl5F3NO. The summed E-state index contributed by atoms with van der Waals surface area (Å²) < 4.78 is 37.7. The van der Waals surface area contributed by atoms with Crippen molar-refractivity contribution >= 4 is 58.0 Å². The number of H-pyrrole nitrogens is 1. The molecule has 0 unspecified atom stereocenters. The summed E-state index contributed by atoms with van der Waals surface area (Å²) in [4.78, 5) is 13.6. The highest BCUT2D eigenvalue weighted by atomic mass is 35.5. The third-order valence-electron chi connectivity index (χ3n) is 2.69. The molecule has 0 aliphatic heterocycles. The fourth-order valence-electron chi connectivity index (χ4n) is 1.68. The molecule has 0 atom stereocenters. The zero-order valence-corrected chi connectivity index (χ0v) is 13.9. The molecule has 0 bridgehead atoms. The van der Waals surface area contributed by atoms with Gasteiger partial charge in [-0.2, -0.15) is 13.2 Å². The highest BCUT2D eigenvalue weighted by molar-refractivity contribution is 6.56. The second-order valence-electron chi connectivity index (χ2n) is 4.06. The van der Waals surface area contributed by atoms with Crippen LogP contribution >= 0.6 is 58.0 Å². The van der Waals surface area contributed by atoms with Crippen molar-refractivity contribution in [3.05, 3.63) is 53.3 Å². The fraction of sp³-hybridized carbons (Fsp3) is 0.0833. The average Bonchev–Trinajstić information content (AvgIpc) is 2.43. The second-order valence-corrected chi connectivity index (χ2v) is 5.95. The van der Waals surface area contributed by atoms with E-state index in [-0.39, 0.29) is 36.2 Å². The van der Waals surface area contributed by atoms with Crippen LogP contribution in [0.1, 0.15) is 5.69 Å². The standard InChI is InChI=1S/C12H3Cl5F3NO/c13-6-5(7(14)9(16)10(17)8(6)15)3-1-2-4(12(18,19)20)21-11(3)22/h1-2H,(H,21,22). The first kappa shape index (κ1) is 17.8. The average molecular weight is 411 g/mol. The molecule has 118 valence electrons. The normalized spacial score (nSPS) is 11.8. The summed E-state index contributed by atoms with van der Waals surface area (Å²) in [7, 11) is 0. The number of benzene rings is 1. The Morgan fingerprint density at radius 1 is 0.818 bits per heavy atom. The molecule has 10 heteroatoms. The number of alkyl halides is 3. The summed E-state index contributed by atoms with van der Waals surface area (Å²) >= 11 is 29.5. The van der Waals surface area contributed by atoms with E-state index >= 15 is 0 Å². The van der Waals surface area contributed by atoms with E-state index in [9.17, 15) is 18.0 Å². The predicted octanol–water partition coefficient (Wildman–Crippen LogP) is 6.33. The van der Waals surface area contributed by atoms with Gasteiger partial charge in [-0.05, 0) is 12.1 Å². The summed E-state index contributed by atoms with van der Waals surface area (Å²) in [5, 5.41) is -0.817. The van der Waals surface area contributed by atoms with Crippen molar-refractivity contribution in [3.63, 3.8) is 0 Å². The van der Waals surface area contributed by atoms with E-state index in [1.54, 1.807) is 4.98 Å². The minimum atomic E-state index is -4.69. The lowest BCUT2D eigenvalue weighted by molar-refractivity contribution is -0.141. The molecule has 0 aliphatic carbocycles. The van der Waals surface area contributed by atoms with E-state index in [0.29, 0.717) is 6.07 Å². The van der Waals surface area contributed by atoms with Crippen molar-refractivity contribution in [2.45, 2.75) is 6.18 Å². The summed E-state index contributed by atoms with van der Waals surface area (Å²) in [6, 6.07) is 1.61. The minimum Gasteiger partial charge on any atom is -0.318 e. The van der Waals surface area contributed by atoms with E-state index in [1.165, 1.54) is 0 Å². The van der Waals surface area contributed by atoms with Gasteiger partial charge in [0.05, 0.1) is 30.7 Å². The molecular weight excluding hydrogens is 408 g/mol. The first-order valence-corrected chi connectivity index (χ1v) is 7.27. The molecule has 0 aliphatic rings. The molecule has 2 nitrogen and oxygen atoms in total. The van der Waals surface area contributed by atoms with Crippen LogP contribution in [0.3, 0.4) is 0 Å². The van der Waals surface area contributed by atoms with E-state index in [4.69, 9.17) is 58.0 Å². The van der Waals surface area contributed by atoms with Crippen LogP contribution in [0, 0.1) is 0 Å². The first-order valence-electron chi connectivity index (χ1n) is 5.38. The Morgan fingerprint density at radius 3 is 1.68 bits per heavy atom. The van der Waals surface area contributed by atoms with Gasteiger partial charge in [0.15, 0.2) is 0 Å². The SMILES string of the molecule is O=c1[nH]c(C(F)(F)F)ccc1-c1c(Cl)c(Cl)c(Cl)c(Cl)c1Cl. The Balaban J connectivity index is 2.77. The lowest BCUT2D eigenvalue weighted by Crippen LogP contribution is -2.17. The van der Waals surface area contributed by atoms with Gasteiger partial charge in [0.25, 0.3) is 5.56 Å². The number of aromatic nitrogens is 1. The van der Waals surface area contributed by atoms with Crippen LogP contribution in [-0.2, 0) is 6.18 Å². The quantitative estimate of drug-likeness (QED) is 0.432. The summed E-state index contributed by atoms with van der Waals surface area (Å²) in [6.45, 7) is 0. The van der Waals surface area contributed by atoms with E-state index < -0.39 is 17.4 Å². The lowest BCUT2D eigenvalue weighted by atomic mass is 10.1. The number of halogens is 8. The van der Waals surface area contributed by atoms with Crippen LogP contribution in [-0.4, -0.2) is 4.98 Å². The molecule has 1 aromatic heterocycles. The Labute approximate surface area is 146 Å². The number of aromatic amines is 1. The molecule has 2 rings (SSSR count). The number of hydrogen-bond acceptors (Lipinski definition) is 1. The fourth-order valence-corrected chi connectivity index (χ4v) is 3.02. The highest BCUT2D eigenvalue weighted by Crippen LogP contribution is 2.47. The second kappa shape index (κ2) is 6.13. The number of rotatable bonds is 1. The van der Waals surface area contributed by atoms with E-state index in [0.717, 1.165) is 6.07 Å². The van der Waals surface area contributed by atoms with Gasteiger partial charge < -0.3 is 4.98 Å². The highest BCUT2D eigenvalue weighted by Gasteiger charge is 2.32. The van der Waals surface area contributed by atoms with Crippen molar-refractivity contribution in [1.82, 2.24) is 4.98 Å². The topological polar surface area (TPSA) is 32.9 Å². The zero-order chi connectivity index (χ0) is 16.8. The molecule has 0 radical (unpaired) electrons. The third-order valence-corrected chi connectivity index (χ3v) is 4.97. The largest absolute Gasteiger partial charge is 0.431 e. The Morgan fingerprint density at radius 2 is 1.27 bits per heavy atom. The number of hydrogen-bond donors (Lipinski definition) is 1. The molecule has 0 fully saturated rings. The molecule has 2 aromatic rings. The Bertz CT molecular complexity index is 787. The summed E-state index contributed by atoms with van der Waals surface area (Å²) in [5.74, 6) is 0. The van der Waals surface area contributed by atoms with Gasteiger partial charge >= 0.3 is 6.18 Å². The molecule has 0 saturated heterocycles. The summed E-state index contributed by atoms with van der Waals surface area (Å²) in [5.41, 5.74) is -2.58. The van der Waals surface area contributed by atoms with Gasteiger partial charge in [-0.3, -0.25) is 4.79 Å². The van der Waals surface area contributed by atoms with Crippen molar-refractivity contribution in [1.29, 1.82) is 0 Å². The molecule has 0 amide bonds. The van der Waals surface area contributed by atoms with E-state index in [1.807, 2.05) is 0 Å². The maximum absolute atomic E-state index is 12.6. The van der Waals surface area contributed by atoms with Crippen LogP contribution in [0.15, 0.2) is 16.9 Å². The Kier molecular flexibility index (Phi) is 4.95. The van der Waals surface area contributed by atoms with Crippen LogP contribution in [0.5, 0.6) is 0 Å². The number of pyridine rings is 1. The molecule has 1 N–H and O–H groups in total. The van der Waals surface area contributed by atoms with Gasteiger partial charge in [-0.25, -0.2) is 0 Å². The molecule has 0 saturated carbocycles. The molecule has 0 spiro atoms. The smallest absolute Gasteiger partial charge is 0.318 e. The predicted molar refractivity (Wildman–Crippen MR) is 82.6 cm³/mol. The monoisotopic (exact) mass is 409 g/mol. The molecule has 1 heterocycles. The minimum absolute atomic E-state index is 0.0993. The van der Waals surface area contributed by atoms with Crippen molar-refractivity contribution in [2.75, 3.05) is 0 Å². The van der Waals surface area contributed by atoms with Gasteiger partial charge in [0, 0.05) is 5.56 Å². The van der Waals surface area contributed by atoms with Gasteiger partial charge in [-0.1, -0.05) is 58.0 Å². The van der Waals surface area contributed by atoms with Crippen LogP contribution in [0.25, 0.3) is 11.1 Å². The van der Waals surface area contributed by atoms with Gasteiger partial charge in [-0.15, -0.1) is 0 Å². The zero-order valence-electron chi connectivity index (χ0n) is 10.1. The van der Waals surface area contributed by atoms with Crippen molar-refractivity contribution in [3.8, 4) is 11.1 Å². The van der Waals surface area contributed by atoms with Crippen LogP contribution in [0.2, 0.25) is 25.1 Å². The lowest BCUT2D eigenvalue weighted by Gasteiger charge is -2.13. The maximum Gasteiger partial charge on any atom is 0.431 e. The van der Waals surface area contributed by atoms with Crippen LogP contribution < -0.4 is 5.56 Å². The molecule has 1 aromatic carbocycles. The van der Waals surface area contributed by atoms with Gasteiger partial charge in [0.1, 0.15) is 5.69 Å². The van der Waals surface area contributed by atoms with E-state index in [2.05, 4.69) is 0 Å². The number of nitrogens with one attached hydrogen (secondary N) is 1. The van der Waals surface area contributed by atoms with Crippen molar-refractivity contribution in [2.24, 2.45) is 0 Å².